The van der Waals surface area contributed by atoms with Crippen molar-refractivity contribution in [1.29, 1.82) is 0 Å². The lowest BCUT2D eigenvalue weighted by atomic mass is 10.0. The average molecular weight is 415 g/mol. The largest absolute Gasteiger partial charge is 0.425 e. The monoisotopic (exact) mass is 415 g/mol. The van der Waals surface area contributed by atoms with E-state index in [4.69, 9.17) is 0 Å². The van der Waals surface area contributed by atoms with Gasteiger partial charge in [0.2, 0.25) is 10.0 Å². The van der Waals surface area contributed by atoms with Crippen LogP contribution >= 0.6 is 11.3 Å². The van der Waals surface area contributed by atoms with Gasteiger partial charge >= 0.3 is 6.18 Å². The summed E-state index contributed by atoms with van der Waals surface area (Å²) in [5, 5.41) is 0. The molecule has 0 saturated heterocycles. The van der Waals surface area contributed by atoms with Gasteiger partial charge in [-0.15, -0.1) is 11.3 Å². The van der Waals surface area contributed by atoms with Crippen molar-refractivity contribution < 1.29 is 26.0 Å². The van der Waals surface area contributed by atoms with E-state index in [2.05, 4.69) is 4.72 Å². The van der Waals surface area contributed by atoms with Gasteiger partial charge in [-0.25, -0.2) is 12.8 Å². The molecule has 1 heterocycles. The number of nitrogens with one attached hydrogen (secondary N) is 1. The number of alkyl halides is 3. The fourth-order valence-corrected chi connectivity index (χ4v) is 4.11. The van der Waals surface area contributed by atoms with Crippen molar-refractivity contribution in [3.63, 3.8) is 0 Å². The molecule has 3 nitrogen and oxygen atoms in total. The first-order valence-corrected chi connectivity index (χ1v) is 10.3. The molecule has 3 rings (SSSR count). The Morgan fingerprint density at radius 1 is 0.926 bits per heavy atom. The maximum absolute atomic E-state index is 13.2. The summed E-state index contributed by atoms with van der Waals surface area (Å²) in [5.74, 6) is -0.482. The number of halogens is 4. The van der Waals surface area contributed by atoms with Crippen LogP contribution in [0.5, 0.6) is 0 Å². The van der Waals surface area contributed by atoms with Crippen LogP contribution in [0.25, 0.3) is 21.6 Å². The van der Waals surface area contributed by atoms with E-state index in [0.717, 1.165) is 12.3 Å². The van der Waals surface area contributed by atoms with Crippen molar-refractivity contribution in [2.45, 2.75) is 6.18 Å². The lowest BCUT2D eigenvalue weighted by Gasteiger charge is -2.07. The second-order valence-corrected chi connectivity index (χ2v) is 8.61. The summed E-state index contributed by atoms with van der Waals surface area (Å²) in [6.07, 6.45) is -3.50. The predicted molar refractivity (Wildman–Crippen MR) is 98.6 cm³/mol. The Morgan fingerprint density at radius 2 is 1.48 bits per heavy atom. The Balaban J connectivity index is 2.08. The molecule has 0 fully saturated rings. The number of hydrogen-bond donors (Lipinski definition) is 1. The van der Waals surface area contributed by atoms with Gasteiger partial charge in [-0.3, -0.25) is 4.72 Å². The Labute approximate surface area is 157 Å². The van der Waals surface area contributed by atoms with Crippen LogP contribution in [0.2, 0.25) is 0 Å². The average Bonchev–Trinajstić information content (AvgIpc) is 3.00. The van der Waals surface area contributed by atoms with E-state index >= 15 is 0 Å². The molecule has 142 valence electrons. The van der Waals surface area contributed by atoms with Crippen LogP contribution in [-0.4, -0.2) is 14.7 Å². The van der Waals surface area contributed by atoms with Crippen molar-refractivity contribution in [3.05, 3.63) is 65.3 Å². The molecule has 0 saturated carbocycles. The van der Waals surface area contributed by atoms with E-state index < -0.39 is 26.9 Å². The lowest BCUT2D eigenvalue weighted by molar-refractivity contribution is -0.134. The summed E-state index contributed by atoms with van der Waals surface area (Å²) >= 11 is 0.575. The molecule has 9 heteroatoms. The van der Waals surface area contributed by atoms with Crippen molar-refractivity contribution in [3.8, 4) is 21.6 Å². The van der Waals surface area contributed by atoms with Crippen LogP contribution in [0.3, 0.4) is 0 Å². The highest BCUT2D eigenvalue weighted by Gasteiger charge is 2.34. The van der Waals surface area contributed by atoms with Crippen LogP contribution in [0.1, 0.15) is 4.88 Å². The Morgan fingerprint density at radius 3 is 2.00 bits per heavy atom. The highest BCUT2D eigenvalue weighted by Crippen LogP contribution is 2.45. The van der Waals surface area contributed by atoms with Crippen molar-refractivity contribution in [2.75, 3.05) is 11.0 Å². The molecule has 27 heavy (non-hydrogen) atoms. The minimum absolute atomic E-state index is 0.302. The molecular weight excluding hydrogens is 402 g/mol. The lowest BCUT2D eigenvalue weighted by Crippen LogP contribution is -2.09. The first kappa shape index (κ1) is 19.4. The molecule has 0 aliphatic carbocycles. The minimum Gasteiger partial charge on any atom is -0.284 e. The standard InChI is InChI=1S/C18H13F4NO2S2/c1-27(24,25)23-14-8-4-11(5-9-14)15-10-16(18(20,21)22)26-17(15)12-2-6-13(19)7-3-12/h2-10,23H,1H3. The molecule has 0 radical (unpaired) electrons. The Bertz CT molecular complexity index is 1050. The maximum Gasteiger partial charge on any atom is 0.425 e. The topological polar surface area (TPSA) is 46.2 Å². The summed E-state index contributed by atoms with van der Waals surface area (Å²) in [4.78, 5) is -0.415. The quantitative estimate of drug-likeness (QED) is 0.563. The zero-order chi connectivity index (χ0) is 19.8. The van der Waals surface area contributed by atoms with Crippen LogP contribution in [0, 0.1) is 5.82 Å². The van der Waals surface area contributed by atoms with Gasteiger partial charge in [0.05, 0.1) is 6.26 Å². The number of anilines is 1. The highest BCUT2D eigenvalue weighted by atomic mass is 32.2. The third kappa shape index (κ3) is 4.67. The molecule has 0 spiro atoms. The Hall–Kier alpha value is -2.39. The summed E-state index contributed by atoms with van der Waals surface area (Å²) in [6, 6.07) is 12.3. The fraction of sp³-hybridized carbons (Fsp3) is 0.111. The van der Waals surface area contributed by atoms with Crippen LogP contribution in [-0.2, 0) is 16.2 Å². The zero-order valence-electron chi connectivity index (χ0n) is 13.8. The van der Waals surface area contributed by atoms with E-state index in [0.29, 0.717) is 38.6 Å². The van der Waals surface area contributed by atoms with Crippen molar-refractivity contribution >= 4 is 27.0 Å². The molecule has 2 aromatic carbocycles. The minimum atomic E-state index is -4.50. The molecule has 0 atom stereocenters. The second-order valence-electron chi connectivity index (χ2n) is 5.81. The highest BCUT2D eigenvalue weighted by molar-refractivity contribution is 7.92. The zero-order valence-corrected chi connectivity index (χ0v) is 15.5. The molecule has 0 amide bonds. The van der Waals surface area contributed by atoms with Crippen LogP contribution < -0.4 is 4.72 Å². The molecule has 3 aromatic rings. The Kier molecular flexibility index (Phi) is 5.00. The van der Waals surface area contributed by atoms with Gasteiger partial charge in [0.25, 0.3) is 0 Å². The van der Waals surface area contributed by atoms with Gasteiger partial charge < -0.3 is 0 Å². The van der Waals surface area contributed by atoms with E-state index in [1.807, 2.05) is 0 Å². The van der Waals surface area contributed by atoms with Crippen LogP contribution in [0.15, 0.2) is 54.6 Å². The molecule has 1 aromatic heterocycles. The SMILES string of the molecule is CS(=O)(=O)Nc1ccc(-c2cc(C(F)(F)F)sc2-c2ccc(F)cc2)cc1. The van der Waals surface area contributed by atoms with Crippen molar-refractivity contribution in [2.24, 2.45) is 0 Å². The maximum atomic E-state index is 13.2. The van der Waals surface area contributed by atoms with Gasteiger partial charge in [-0.05, 0) is 41.5 Å². The molecule has 0 aliphatic heterocycles. The van der Waals surface area contributed by atoms with Gasteiger partial charge in [0, 0.05) is 16.1 Å². The molecular formula is C18H13F4NO2S2. The summed E-state index contributed by atoms with van der Waals surface area (Å²) < 4.78 is 77.6. The van der Waals surface area contributed by atoms with E-state index in [1.165, 1.54) is 48.5 Å². The number of hydrogen-bond acceptors (Lipinski definition) is 3. The van der Waals surface area contributed by atoms with E-state index in [1.54, 1.807) is 0 Å². The number of rotatable bonds is 4. The van der Waals surface area contributed by atoms with E-state index in [9.17, 15) is 26.0 Å². The van der Waals surface area contributed by atoms with Gasteiger partial charge in [0.15, 0.2) is 0 Å². The molecule has 0 aliphatic rings. The van der Waals surface area contributed by atoms with Crippen molar-refractivity contribution in [1.82, 2.24) is 0 Å². The summed E-state index contributed by atoms with van der Waals surface area (Å²) in [6.45, 7) is 0. The normalized spacial score (nSPS) is 12.2. The van der Waals surface area contributed by atoms with Crippen LogP contribution in [0.4, 0.5) is 23.2 Å². The second kappa shape index (κ2) is 6.97. The third-order valence-corrected chi connectivity index (χ3v) is 5.45. The number of thiophene rings is 1. The first-order valence-electron chi connectivity index (χ1n) is 7.58. The fourth-order valence-electron chi connectivity index (χ4n) is 2.49. The smallest absolute Gasteiger partial charge is 0.284 e. The summed E-state index contributed by atoms with van der Waals surface area (Å²) in [5.41, 5.74) is 1.59. The van der Waals surface area contributed by atoms with Gasteiger partial charge in [0.1, 0.15) is 10.7 Å². The molecule has 0 unspecified atom stereocenters. The first-order chi connectivity index (χ1) is 12.5. The van der Waals surface area contributed by atoms with E-state index in [-0.39, 0.29) is 0 Å². The van der Waals surface area contributed by atoms with Gasteiger partial charge in [-0.1, -0.05) is 24.3 Å². The predicted octanol–water partition coefficient (Wildman–Crippen LogP) is 5.61. The number of sulfonamides is 1. The third-order valence-electron chi connectivity index (χ3n) is 3.62. The number of benzene rings is 2. The molecule has 1 N–H and O–H groups in total. The van der Waals surface area contributed by atoms with Gasteiger partial charge in [-0.2, -0.15) is 13.2 Å². The summed E-state index contributed by atoms with van der Waals surface area (Å²) in [7, 11) is -3.46. The molecule has 0 bridgehead atoms.